The first-order valence-corrected chi connectivity index (χ1v) is 9.00. The average molecular weight is 481 g/mol. The summed E-state index contributed by atoms with van der Waals surface area (Å²) < 4.78 is 2.11. The van der Waals surface area contributed by atoms with Crippen LogP contribution in [0.5, 0.6) is 0 Å². The SMILES string of the molecule is CN=C(NCc1ccc(N2CCCC2=O)cc1)N(C)Cc1cccn1C.I. The van der Waals surface area contributed by atoms with Crippen LogP contribution in [0.3, 0.4) is 0 Å². The van der Waals surface area contributed by atoms with E-state index in [2.05, 4.69) is 38.0 Å². The standard InChI is InChI=1S/C20H27N5O.HI/c1-21-20(24(3)15-18-6-4-12-23(18)2)22-14-16-8-10-17(11-9-16)25-13-5-7-19(25)26;/h4,6,8-12H,5,7,13-15H2,1-3H3,(H,21,22);1H. The largest absolute Gasteiger partial charge is 0.353 e. The number of carbonyl (C=O) groups is 1. The summed E-state index contributed by atoms with van der Waals surface area (Å²) in [7, 11) is 5.88. The van der Waals surface area contributed by atoms with Crippen LogP contribution >= 0.6 is 24.0 Å². The minimum Gasteiger partial charge on any atom is -0.353 e. The van der Waals surface area contributed by atoms with Crippen LogP contribution in [0.1, 0.15) is 24.1 Å². The van der Waals surface area contributed by atoms with Gasteiger partial charge in [-0.05, 0) is 36.2 Å². The van der Waals surface area contributed by atoms with Gasteiger partial charge in [0, 0.05) is 58.2 Å². The first-order valence-electron chi connectivity index (χ1n) is 9.00. The van der Waals surface area contributed by atoms with Crippen LogP contribution in [0.15, 0.2) is 47.6 Å². The van der Waals surface area contributed by atoms with Crippen LogP contribution in [0, 0.1) is 0 Å². The molecule has 0 atom stereocenters. The van der Waals surface area contributed by atoms with E-state index in [0.717, 1.165) is 36.7 Å². The highest BCUT2D eigenvalue weighted by Crippen LogP contribution is 2.21. The van der Waals surface area contributed by atoms with Crippen molar-refractivity contribution >= 4 is 41.5 Å². The molecule has 1 aromatic carbocycles. The van der Waals surface area contributed by atoms with Gasteiger partial charge in [-0.3, -0.25) is 9.79 Å². The number of amides is 1. The summed E-state index contributed by atoms with van der Waals surface area (Å²) in [6, 6.07) is 12.3. The van der Waals surface area contributed by atoms with Gasteiger partial charge in [0.05, 0.1) is 6.54 Å². The number of benzene rings is 1. The molecule has 0 unspecified atom stereocenters. The number of aryl methyl sites for hydroxylation is 1. The molecular formula is C20H28IN5O. The Morgan fingerprint density at radius 2 is 2.00 bits per heavy atom. The van der Waals surface area contributed by atoms with Crippen LogP contribution in [0.4, 0.5) is 5.69 Å². The second kappa shape index (κ2) is 9.77. The van der Waals surface area contributed by atoms with E-state index >= 15 is 0 Å². The van der Waals surface area contributed by atoms with Gasteiger partial charge in [-0.2, -0.15) is 0 Å². The molecule has 0 bridgehead atoms. The topological polar surface area (TPSA) is 52.9 Å². The number of aliphatic imine (C=N–C) groups is 1. The first kappa shape index (κ1) is 21.3. The zero-order valence-electron chi connectivity index (χ0n) is 16.2. The molecule has 1 N–H and O–H groups in total. The van der Waals surface area contributed by atoms with Gasteiger partial charge in [-0.1, -0.05) is 12.1 Å². The Morgan fingerprint density at radius 3 is 2.56 bits per heavy atom. The lowest BCUT2D eigenvalue weighted by Crippen LogP contribution is -2.38. The molecule has 0 saturated carbocycles. The third kappa shape index (κ3) is 5.24. The summed E-state index contributed by atoms with van der Waals surface area (Å²) >= 11 is 0. The molecule has 1 fully saturated rings. The summed E-state index contributed by atoms with van der Waals surface area (Å²) in [6.45, 7) is 2.31. The molecule has 6 nitrogen and oxygen atoms in total. The first-order chi connectivity index (χ1) is 12.6. The molecule has 0 spiro atoms. The van der Waals surface area contributed by atoms with Crippen molar-refractivity contribution in [1.29, 1.82) is 0 Å². The molecule has 1 saturated heterocycles. The van der Waals surface area contributed by atoms with Gasteiger partial charge in [0.15, 0.2) is 5.96 Å². The number of hydrogen-bond donors (Lipinski definition) is 1. The average Bonchev–Trinajstić information content (AvgIpc) is 3.24. The lowest BCUT2D eigenvalue weighted by molar-refractivity contribution is -0.117. The number of rotatable bonds is 5. The number of guanidine groups is 1. The third-order valence-electron chi connectivity index (χ3n) is 4.80. The fourth-order valence-corrected chi connectivity index (χ4v) is 3.26. The maximum absolute atomic E-state index is 11.8. The second-order valence-corrected chi connectivity index (χ2v) is 6.68. The molecular weight excluding hydrogens is 453 g/mol. The van der Waals surface area contributed by atoms with Crippen molar-refractivity contribution in [1.82, 2.24) is 14.8 Å². The molecule has 7 heteroatoms. The molecule has 0 radical (unpaired) electrons. The molecule has 1 aromatic heterocycles. The van der Waals surface area contributed by atoms with E-state index in [0.29, 0.717) is 13.0 Å². The lowest BCUT2D eigenvalue weighted by atomic mass is 10.2. The van der Waals surface area contributed by atoms with Crippen molar-refractivity contribution in [2.45, 2.75) is 25.9 Å². The summed E-state index contributed by atoms with van der Waals surface area (Å²) in [5, 5.41) is 3.40. The van der Waals surface area contributed by atoms with Crippen molar-refractivity contribution in [3.8, 4) is 0 Å². The van der Waals surface area contributed by atoms with Gasteiger partial charge in [0.2, 0.25) is 5.91 Å². The predicted octanol–water partition coefficient (Wildman–Crippen LogP) is 2.98. The molecule has 2 heterocycles. The summed E-state index contributed by atoms with van der Waals surface area (Å²) in [5.74, 6) is 1.07. The van der Waals surface area contributed by atoms with E-state index in [1.807, 2.05) is 43.4 Å². The lowest BCUT2D eigenvalue weighted by Gasteiger charge is -2.22. The highest BCUT2D eigenvalue weighted by Gasteiger charge is 2.21. The van der Waals surface area contributed by atoms with Crippen LogP contribution in [0.2, 0.25) is 0 Å². The highest BCUT2D eigenvalue weighted by atomic mass is 127. The van der Waals surface area contributed by atoms with E-state index in [-0.39, 0.29) is 29.9 Å². The summed E-state index contributed by atoms with van der Waals surface area (Å²) in [5.41, 5.74) is 3.38. The minimum atomic E-state index is 0. The number of nitrogens with zero attached hydrogens (tertiary/aromatic N) is 4. The van der Waals surface area contributed by atoms with Gasteiger partial charge in [0.1, 0.15) is 0 Å². The maximum Gasteiger partial charge on any atom is 0.227 e. The Hall–Kier alpha value is -2.03. The van der Waals surface area contributed by atoms with E-state index in [1.165, 1.54) is 5.69 Å². The van der Waals surface area contributed by atoms with Crippen molar-refractivity contribution < 1.29 is 4.79 Å². The summed E-state index contributed by atoms with van der Waals surface area (Å²) in [6.07, 6.45) is 3.66. The highest BCUT2D eigenvalue weighted by molar-refractivity contribution is 14.0. The van der Waals surface area contributed by atoms with Crippen molar-refractivity contribution in [2.75, 3.05) is 25.5 Å². The second-order valence-electron chi connectivity index (χ2n) is 6.68. The summed E-state index contributed by atoms with van der Waals surface area (Å²) in [4.78, 5) is 20.2. The Morgan fingerprint density at radius 1 is 1.26 bits per heavy atom. The Labute approximate surface area is 178 Å². The van der Waals surface area contributed by atoms with Gasteiger partial charge < -0.3 is 19.7 Å². The molecule has 27 heavy (non-hydrogen) atoms. The van der Waals surface area contributed by atoms with E-state index < -0.39 is 0 Å². The number of halogens is 1. The van der Waals surface area contributed by atoms with Gasteiger partial charge in [-0.15, -0.1) is 24.0 Å². The number of anilines is 1. The molecule has 3 rings (SSSR count). The van der Waals surface area contributed by atoms with Crippen LogP contribution in [0.25, 0.3) is 0 Å². The molecule has 146 valence electrons. The van der Waals surface area contributed by atoms with Crippen molar-refractivity contribution in [3.63, 3.8) is 0 Å². The minimum absolute atomic E-state index is 0. The quantitative estimate of drug-likeness (QED) is 0.406. The number of aromatic nitrogens is 1. The molecule has 1 aliphatic rings. The Kier molecular flexibility index (Phi) is 7.70. The fourth-order valence-electron chi connectivity index (χ4n) is 3.26. The van der Waals surface area contributed by atoms with Crippen LogP contribution in [-0.2, 0) is 24.9 Å². The zero-order valence-corrected chi connectivity index (χ0v) is 18.5. The molecule has 0 aliphatic carbocycles. The molecule has 1 aliphatic heterocycles. The van der Waals surface area contributed by atoms with Crippen LogP contribution in [-0.4, -0.2) is 42.0 Å². The smallest absolute Gasteiger partial charge is 0.227 e. The molecule has 1 amide bonds. The van der Waals surface area contributed by atoms with Crippen LogP contribution < -0.4 is 10.2 Å². The molecule has 2 aromatic rings. The Balaban J connectivity index is 0.00000261. The van der Waals surface area contributed by atoms with E-state index in [1.54, 1.807) is 7.05 Å². The number of carbonyl (C=O) groups excluding carboxylic acids is 1. The van der Waals surface area contributed by atoms with Crippen molar-refractivity contribution in [2.24, 2.45) is 12.0 Å². The fraction of sp³-hybridized carbons (Fsp3) is 0.400. The Bertz CT molecular complexity index is 784. The third-order valence-corrected chi connectivity index (χ3v) is 4.80. The van der Waals surface area contributed by atoms with E-state index in [4.69, 9.17) is 0 Å². The monoisotopic (exact) mass is 481 g/mol. The van der Waals surface area contributed by atoms with E-state index in [9.17, 15) is 4.79 Å². The van der Waals surface area contributed by atoms with Gasteiger partial charge in [0.25, 0.3) is 0 Å². The number of hydrogen-bond acceptors (Lipinski definition) is 2. The van der Waals surface area contributed by atoms with Gasteiger partial charge >= 0.3 is 0 Å². The normalized spacial score (nSPS) is 14.3. The zero-order chi connectivity index (χ0) is 18.5. The van der Waals surface area contributed by atoms with Gasteiger partial charge in [-0.25, -0.2) is 0 Å². The predicted molar refractivity (Wildman–Crippen MR) is 121 cm³/mol. The maximum atomic E-state index is 11.8. The number of nitrogens with one attached hydrogen (secondary N) is 1. The van der Waals surface area contributed by atoms with Crippen molar-refractivity contribution in [3.05, 3.63) is 53.9 Å².